The zero-order valence-electron chi connectivity index (χ0n) is 34.4. The second-order valence-electron chi connectivity index (χ2n) is 16.0. The van der Waals surface area contributed by atoms with Crippen molar-refractivity contribution in [2.75, 3.05) is 14.7 Å². The molecule has 0 N–H and O–H groups in total. The Morgan fingerprint density at radius 1 is 0.365 bits per heavy atom. The summed E-state index contributed by atoms with van der Waals surface area (Å²) in [5.41, 5.74) is 10.4. The maximum absolute atomic E-state index is 2.48. The highest BCUT2D eigenvalue weighted by Crippen LogP contribution is 2.51. The number of hydrogen-bond donors (Lipinski definition) is 0. The zero-order valence-corrected chi connectivity index (χ0v) is 36.1. The van der Waals surface area contributed by atoms with Gasteiger partial charge in [0.05, 0.1) is 16.1 Å². The minimum absolute atomic E-state index is 0.965. The Bertz CT molecular complexity index is 3490. The van der Waals surface area contributed by atoms with E-state index in [1.807, 2.05) is 22.7 Å². The van der Waals surface area contributed by atoms with Crippen LogP contribution in [0.3, 0.4) is 0 Å². The highest BCUT2D eigenvalue weighted by atomic mass is 32.1. The molecule has 0 bridgehead atoms. The van der Waals surface area contributed by atoms with Crippen LogP contribution in [0.4, 0.5) is 45.5 Å². The molecule has 1 aliphatic carbocycles. The maximum Gasteiger partial charge on any atom is 0.0640 e. The Kier molecular flexibility index (Phi) is 9.36. The van der Waals surface area contributed by atoms with E-state index >= 15 is 0 Å². The summed E-state index contributed by atoms with van der Waals surface area (Å²) < 4.78 is 5.06. The minimum Gasteiger partial charge on any atom is -0.314 e. The van der Waals surface area contributed by atoms with E-state index in [0.29, 0.717) is 0 Å². The van der Waals surface area contributed by atoms with Gasteiger partial charge in [0.15, 0.2) is 0 Å². The van der Waals surface area contributed by atoms with Crippen LogP contribution >= 0.6 is 22.7 Å². The number of para-hydroxylation sites is 3. The average molecular weight is 844 g/mol. The number of nitrogens with zero attached hydrogens (tertiary/aromatic N) is 3. The molecule has 2 heterocycles. The predicted octanol–water partition coefficient (Wildman–Crippen LogP) is 17.9. The fourth-order valence-electron chi connectivity index (χ4n) is 9.37. The lowest BCUT2D eigenvalue weighted by Gasteiger charge is -2.32. The lowest BCUT2D eigenvalue weighted by Crippen LogP contribution is -2.18. The quantitative estimate of drug-likeness (QED) is 0.143. The van der Waals surface area contributed by atoms with Crippen LogP contribution in [0.2, 0.25) is 0 Å². The van der Waals surface area contributed by atoms with Gasteiger partial charge < -0.3 is 14.7 Å². The third kappa shape index (κ3) is 6.65. The third-order valence-corrected chi connectivity index (χ3v) is 14.5. The summed E-state index contributed by atoms with van der Waals surface area (Å²) in [5.74, 6) is 0. The molecule has 0 unspecified atom stereocenters. The van der Waals surface area contributed by atoms with Gasteiger partial charge in [-0.2, -0.15) is 0 Å². The Morgan fingerprint density at radius 2 is 0.984 bits per heavy atom. The summed E-state index contributed by atoms with van der Waals surface area (Å²) >= 11 is 3.75. The number of hydrogen-bond acceptors (Lipinski definition) is 5. The Balaban J connectivity index is 1.14. The minimum atomic E-state index is 0.965. The van der Waals surface area contributed by atoms with Crippen molar-refractivity contribution >= 4 is 119 Å². The summed E-state index contributed by atoms with van der Waals surface area (Å²) in [6.45, 7) is 0. The molecule has 0 spiro atoms. The molecule has 5 heteroatoms. The Hall–Kier alpha value is -7.44. The number of rotatable bonds is 9. The second kappa shape index (κ2) is 15.8. The molecule has 0 aliphatic heterocycles. The largest absolute Gasteiger partial charge is 0.314 e. The van der Waals surface area contributed by atoms with E-state index < -0.39 is 0 Å². The van der Waals surface area contributed by atoms with E-state index in [2.05, 4.69) is 239 Å². The highest BCUT2D eigenvalue weighted by Gasteiger charge is 2.25. The van der Waals surface area contributed by atoms with Crippen LogP contribution in [0.1, 0.15) is 12.8 Å². The molecular formula is C58H41N3S2. The van der Waals surface area contributed by atoms with Gasteiger partial charge in [-0.05, 0) is 121 Å². The van der Waals surface area contributed by atoms with Crippen LogP contribution in [-0.4, -0.2) is 0 Å². The molecular weight excluding hydrogens is 803 g/mol. The monoisotopic (exact) mass is 843 g/mol. The van der Waals surface area contributed by atoms with Crippen molar-refractivity contribution in [2.24, 2.45) is 0 Å². The van der Waals surface area contributed by atoms with E-state index in [-0.39, 0.29) is 0 Å². The van der Waals surface area contributed by atoms with Crippen molar-refractivity contribution in [3.8, 4) is 0 Å². The average Bonchev–Trinajstić information content (AvgIpc) is 3.92. The van der Waals surface area contributed by atoms with Crippen LogP contribution in [0.5, 0.6) is 0 Å². The standard InChI is InChI=1S/C58H41N3S2/c1-5-20-42(21-6-1)59(43-22-7-2-8-23-43)48-38-53(60(44-24-9-3-10-25-44)45-26-11-4-12-27-45)57-51-37-47(34-35-55(51)62-56(57)39-48)61(46-33-32-40-18-13-14-19-41(40)36-46)52-30-17-29-50-49-28-15-16-31-54(49)63-58(50)52/h1-7,9-22,24-39H,8,23H2. The molecule has 0 fully saturated rings. The number of anilines is 8. The SMILES string of the molecule is C1=CCCC(N(c2ccccc2)c2cc(N(c3ccccc3)c3ccccc3)c3c(c2)sc2ccc(N(c4ccc5ccccc5c4)c4cccc5c4sc4ccccc45)cc23)=C1. The number of benzene rings is 9. The van der Waals surface area contributed by atoms with Crippen LogP contribution in [0, 0.1) is 0 Å². The van der Waals surface area contributed by atoms with Crippen LogP contribution in [0.25, 0.3) is 51.1 Å². The third-order valence-electron chi connectivity index (χ3n) is 12.2. The van der Waals surface area contributed by atoms with Gasteiger partial charge in [0.2, 0.25) is 0 Å². The van der Waals surface area contributed by atoms with Gasteiger partial charge in [-0.15, -0.1) is 22.7 Å². The summed E-state index contributed by atoms with van der Waals surface area (Å²) in [5, 5.41) is 7.48. The molecule has 0 saturated heterocycles. The molecule has 3 nitrogen and oxygen atoms in total. The summed E-state index contributed by atoms with van der Waals surface area (Å²) in [6, 6.07) is 75.6. The van der Waals surface area contributed by atoms with E-state index in [1.54, 1.807) is 0 Å². The number of thiophene rings is 2. The van der Waals surface area contributed by atoms with Crippen LogP contribution < -0.4 is 14.7 Å². The summed E-state index contributed by atoms with van der Waals surface area (Å²) in [6.07, 6.45) is 8.73. The van der Waals surface area contributed by atoms with Crippen molar-refractivity contribution in [1.29, 1.82) is 0 Å². The van der Waals surface area contributed by atoms with Gasteiger partial charge in [0.25, 0.3) is 0 Å². The maximum atomic E-state index is 2.48. The fraction of sp³-hybridized carbons (Fsp3) is 0.0345. The molecule has 12 rings (SSSR count). The van der Waals surface area contributed by atoms with Gasteiger partial charge in [0.1, 0.15) is 0 Å². The van der Waals surface area contributed by atoms with Crippen molar-refractivity contribution < 1.29 is 0 Å². The van der Waals surface area contributed by atoms with Crippen molar-refractivity contribution in [2.45, 2.75) is 12.8 Å². The summed E-state index contributed by atoms with van der Waals surface area (Å²) in [7, 11) is 0. The van der Waals surface area contributed by atoms with Crippen molar-refractivity contribution in [3.05, 3.63) is 230 Å². The van der Waals surface area contributed by atoms with Gasteiger partial charge in [-0.25, -0.2) is 0 Å². The predicted molar refractivity (Wildman–Crippen MR) is 274 cm³/mol. The Morgan fingerprint density at radius 3 is 1.73 bits per heavy atom. The molecule has 11 aromatic rings. The molecule has 0 atom stereocenters. The van der Waals surface area contributed by atoms with Gasteiger partial charge in [-0.3, -0.25) is 0 Å². The molecule has 1 aliphatic rings. The second-order valence-corrected chi connectivity index (χ2v) is 18.2. The van der Waals surface area contributed by atoms with Crippen molar-refractivity contribution in [3.63, 3.8) is 0 Å². The molecule has 63 heavy (non-hydrogen) atoms. The lowest BCUT2D eigenvalue weighted by molar-refractivity contribution is 0.918. The van der Waals surface area contributed by atoms with Crippen LogP contribution in [-0.2, 0) is 0 Å². The first-order valence-corrected chi connectivity index (χ1v) is 23.2. The normalized spacial score (nSPS) is 12.7. The first kappa shape index (κ1) is 37.3. The van der Waals surface area contributed by atoms with Crippen molar-refractivity contribution in [1.82, 2.24) is 0 Å². The molecule has 9 aromatic carbocycles. The van der Waals surface area contributed by atoms with E-state index in [1.165, 1.54) is 62.5 Å². The van der Waals surface area contributed by atoms with Gasteiger partial charge in [0, 0.05) is 75.5 Å². The number of allylic oxidation sites excluding steroid dienone is 4. The first-order chi connectivity index (χ1) is 31.2. The van der Waals surface area contributed by atoms with E-state index in [0.717, 1.165) is 52.7 Å². The highest BCUT2D eigenvalue weighted by molar-refractivity contribution is 7.26. The molecule has 300 valence electrons. The molecule has 0 amide bonds. The summed E-state index contributed by atoms with van der Waals surface area (Å²) in [4.78, 5) is 7.39. The van der Waals surface area contributed by atoms with Gasteiger partial charge in [-0.1, -0.05) is 127 Å². The first-order valence-electron chi connectivity index (χ1n) is 21.6. The van der Waals surface area contributed by atoms with E-state index in [9.17, 15) is 0 Å². The number of fused-ring (bicyclic) bond motifs is 7. The smallest absolute Gasteiger partial charge is 0.0640 e. The van der Waals surface area contributed by atoms with Gasteiger partial charge >= 0.3 is 0 Å². The molecule has 0 saturated carbocycles. The zero-order chi connectivity index (χ0) is 41.7. The van der Waals surface area contributed by atoms with E-state index in [4.69, 9.17) is 0 Å². The lowest BCUT2D eigenvalue weighted by atomic mass is 10.0. The molecule has 2 aromatic heterocycles. The van der Waals surface area contributed by atoms with Crippen LogP contribution in [0.15, 0.2) is 230 Å². The molecule has 0 radical (unpaired) electrons. The Labute approximate surface area is 374 Å². The fourth-order valence-corrected chi connectivity index (χ4v) is 11.7. The topological polar surface area (TPSA) is 9.72 Å².